The van der Waals surface area contributed by atoms with E-state index in [1.165, 1.54) is 6.33 Å². The van der Waals surface area contributed by atoms with Crippen LogP contribution in [0.1, 0.15) is 42.6 Å². The number of nitrogens with zero attached hydrogens (tertiary/aromatic N) is 4. The largest absolute Gasteiger partial charge is 0.384 e. The SMILES string of the molecule is CN(Cc1ncn[nH]1)C(=O)c1cc(N)nc(C(C)(C)C)c1. The van der Waals surface area contributed by atoms with E-state index in [4.69, 9.17) is 5.73 Å². The molecule has 21 heavy (non-hydrogen) atoms. The summed E-state index contributed by atoms with van der Waals surface area (Å²) in [5.74, 6) is 0.841. The molecule has 7 nitrogen and oxygen atoms in total. The maximum absolute atomic E-state index is 12.5. The van der Waals surface area contributed by atoms with E-state index in [1.807, 2.05) is 20.8 Å². The highest BCUT2D eigenvalue weighted by molar-refractivity contribution is 5.94. The summed E-state index contributed by atoms with van der Waals surface area (Å²) in [5.41, 5.74) is 6.96. The van der Waals surface area contributed by atoms with Crippen LogP contribution in [0.5, 0.6) is 0 Å². The number of hydrogen-bond acceptors (Lipinski definition) is 5. The number of carbonyl (C=O) groups excluding carboxylic acids is 1. The molecule has 0 aliphatic heterocycles. The van der Waals surface area contributed by atoms with Crippen molar-refractivity contribution in [3.8, 4) is 0 Å². The molecule has 0 aromatic carbocycles. The van der Waals surface area contributed by atoms with Gasteiger partial charge in [-0.3, -0.25) is 9.89 Å². The van der Waals surface area contributed by atoms with Crippen molar-refractivity contribution in [1.29, 1.82) is 0 Å². The molecule has 112 valence electrons. The van der Waals surface area contributed by atoms with Gasteiger partial charge in [0.1, 0.15) is 18.0 Å². The van der Waals surface area contributed by atoms with Crippen molar-refractivity contribution in [2.75, 3.05) is 12.8 Å². The van der Waals surface area contributed by atoms with Crippen molar-refractivity contribution in [3.63, 3.8) is 0 Å². The summed E-state index contributed by atoms with van der Waals surface area (Å²) in [6.45, 7) is 6.44. The van der Waals surface area contributed by atoms with E-state index in [9.17, 15) is 4.79 Å². The Morgan fingerprint density at radius 3 is 2.67 bits per heavy atom. The van der Waals surface area contributed by atoms with Gasteiger partial charge in [-0.1, -0.05) is 20.8 Å². The summed E-state index contributed by atoms with van der Waals surface area (Å²) >= 11 is 0. The second-order valence-electron chi connectivity index (χ2n) is 6.01. The number of rotatable bonds is 3. The van der Waals surface area contributed by atoms with Gasteiger partial charge in [0.25, 0.3) is 5.91 Å². The van der Waals surface area contributed by atoms with E-state index in [1.54, 1.807) is 24.1 Å². The highest BCUT2D eigenvalue weighted by atomic mass is 16.2. The van der Waals surface area contributed by atoms with Gasteiger partial charge in [0.15, 0.2) is 0 Å². The monoisotopic (exact) mass is 288 g/mol. The molecule has 2 heterocycles. The van der Waals surface area contributed by atoms with Gasteiger partial charge < -0.3 is 10.6 Å². The smallest absolute Gasteiger partial charge is 0.254 e. The Labute approximate surface area is 123 Å². The third-order valence-corrected chi connectivity index (χ3v) is 3.06. The first kappa shape index (κ1) is 15.0. The first-order valence-electron chi connectivity index (χ1n) is 6.65. The molecular formula is C14H20N6O. The second kappa shape index (κ2) is 5.51. The van der Waals surface area contributed by atoms with E-state index in [0.717, 1.165) is 5.69 Å². The minimum atomic E-state index is -0.173. The van der Waals surface area contributed by atoms with Gasteiger partial charge in [-0.25, -0.2) is 9.97 Å². The van der Waals surface area contributed by atoms with Gasteiger partial charge in [-0.05, 0) is 12.1 Å². The van der Waals surface area contributed by atoms with E-state index >= 15 is 0 Å². The predicted octanol–water partition coefficient (Wildman–Crippen LogP) is 1.35. The van der Waals surface area contributed by atoms with Crippen LogP contribution in [0.25, 0.3) is 0 Å². The third kappa shape index (κ3) is 3.56. The molecule has 0 atom stereocenters. The van der Waals surface area contributed by atoms with Gasteiger partial charge in [0.05, 0.1) is 6.54 Å². The molecule has 0 fully saturated rings. The second-order valence-corrected chi connectivity index (χ2v) is 6.01. The summed E-state index contributed by atoms with van der Waals surface area (Å²) in [6.07, 6.45) is 1.41. The van der Waals surface area contributed by atoms with Crippen LogP contribution in [0.15, 0.2) is 18.5 Å². The molecule has 1 amide bonds. The van der Waals surface area contributed by atoms with Gasteiger partial charge in [0, 0.05) is 23.7 Å². The molecular weight excluding hydrogens is 268 g/mol. The average Bonchev–Trinajstić information content (AvgIpc) is 2.88. The van der Waals surface area contributed by atoms with Crippen molar-refractivity contribution < 1.29 is 4.79 Å². The Bertz CT molecular complexity index is 629. The average molecular weight is 288 g/mol. The number of H-pyrrole nitrogens is 1. The number of amides is 1. The highest BCUT2D eigenvalue weighted by Crippen LogP contribution is 2.23. The number of nitrogens with one attached hydrogen (secondary N) is 1. The number of aromatic nitrogens is 4. The molecule has 2 aromatic heterocycles. The molecule has 0 aliphatic rings. The molecule has 2 aromatic rings. The Morgan fingerprint density at radius 1 is 1.38 bits per heavy atom. The number of aromatic amines is 1. The molecule has 0 unspecified atom stereocenters. The van der Waals surface area contributed by atoms with E-state index in [-0.39, 0.29) is 11.3 Å². The lowest BCUT2D eigenvalue weighted by Gasteiger charge is -2.21. The zero-order valence-electron chi connectivity index (χ0n) is 12.7. The van der Waals surface area contributed by atoms with Crippen LogP contribution in [0.3, 0.4) is 0 Å². The first-order valence-corrected chi connectivity index (χ1v) is 6.65. The minimum Gasteiger partial charge on any atom is -0.384 e. The van der Waals surface area contributed by atoms with Gasteiger partial charge >= 0.3 is 0 Å². The molecule has 3 N–H and O–H groups in total. The van der Waals surface area contributed by atoms with Crippen molar-refractivity contribution >= 4 is 11.7 Å². The molecule has 0 radical (unpaired) electrons. The topological polar surface area (TPSA) is 101 Å². The molecule has 0 spiro atoms. The van der Waals surface area contributed by atoms with Crippen LogP contribution in [0.4, 0.5) is 5.82 Å². The maximum Gasteiger partial charge on any atom is 0.254 e. The predicted molar refractivity (Wildman–Crippen MR) is 79.5 cm³/mol. The number of carbonyl (C=O) groups is 1. The Kier molecular flexibility index (Phi) is 3.93. The third-order valence-electron chi connectivity index (χ3n) is 3.06. The summed E-state index contributed by atoms with van der Waals surface area (Å²) < 4.78 is 0. The van der Waals surface area contributed by atoms with Crippen molar-refractivity contribution in [3.05, 3.63) is 35.5 Å². The first-order chi connectivity index (χ1) is 9.77. The number of hydrogen-bond donors (Lipinski definition) is 2. The molecule has 0 saturated heterocycles. The maximum atomic E-state index is 12.5. The van der Waals surface area contributed by atoms with E-state index in [0.29, 0.717) is 23.8 Å². The normalized spacial score (nSPS) is 11.4. The van der Waals surface area contributed by atoms with Gasteiger partial charge in [0.2, 0.25) is 0 Å². The lowest BCUT2D eigenvalue weighted by atomic mass is 9.90. The Balaban J connectivity index is 2.24. The molecule has 0 saturated carbocycles. The fourth-order valence-corrected chi connectivity index (χ4v) is 1.88. The summed E-state index contributed by atoms with van der Waals surface area (Å²) in [6, 6.07) is 3.38. The standard InChI is InChI=1S/C14H20N6O/c1-14(2,3)10-5-9(6-11(15)18-10)13(21)20(4)7-12-16-8-17-19-12/h5-6,8H,7H2,1-4H3,(H2,15,18)(H,16,17,19). The Morgan fingerprint density at radius 2 is 2.10 bits per heavy atom. The zero-order valence-corrected chi connectivity index (χ0v) is 12.7. The van der Waals surface area contributed by atoms with Gasteiger partial charge in [-0.2, -0.15) is 5.10 Å². The minimum absolute atomic E-state index is 0.133. The van der Waals surface area contributed by atoms with Crippen LogP contribution in [0.2, 0.25) is 0 Å². The van der Waals surface area contributed by atoms with Crippen LogP contribution < -0.4 is 5.73 Å². The quantitative estimate of drug-likeness (QED) is 0.888. The van der Waals surface area contributed by atoms with E-state index < -0.39 is 0 Å². The highest BCUT2D eigenvalue weighted by Gasteiger charge is 2.20. The fraction of sp³-hybridized carbons (Fsp3) is 0.429. The van der Waals surface area contributed by atoms with Gasteiger partial charge in [-0.15, -0.1) is 0 Å². The lowest BCUT2D eigenvalue weighted by Crippen LogP contribution is -2.27. The number of pyridine rings is 1. The summed E-state index contributed by atoms with van der Waals surface area (Å²) in [5, 5.41) is 6.49. The van der Waals surface area contributed by atoms with Crippen molar-refractivity contribution in [1.82, 2.24) is 25.1 Å². The Hall–Kier alpha value is -2.44. The van der Waals surface area contributed by atoms with Crippen LogP contribution in [-0.2, 0) is 12.0 Å². The van der Waals surface area contributed by atoms with Crippen molar-refractivity contribution in [2.24, 2.45) is 0 Å². The fourth-order valence-electron chi connectivity index (χ4n) is 1.88. The summed E-state index contributed by atoms with van der Waals surface area (Å²) in [7, 11) is 1.71. The van der Waals surface area contributed by atoms with E-state index in [2.05, 4.69) is 20.2 Å². The lowest BCUT2D eigenvalue weighted by molar-refractivity contribution is 0.0781. The molecule has 7 heteroatoms. The van der Waals surface area contributed by atoms with Crippen molar-refractivity contribution in [2.45, 2.75) is 32.7 Å². The summed E-state index contributed by atoms with van der Waals surface area (Å²) in [4.78, 5) is 22.4. The number of nitrogens with two attached hydrogens (primary N) is 1. The number of anilines is 1. The van der Waals surface area contributed by atoms with Crippen LogP contribution in [-0.4, -0.2) is 38.0 Å². The zero-order chi connectivity index (χ0) is 15.6. The van der Waals surface area contributed by atoms with Crippen LogP contribution >= 0.6 is 0 Å². The molecule has 0 bridgehead atoms. The molecule has 2 rings (SSSR count). The molecule has 0 aliphatic carbocycles. The number of nitrogen functional groups attached to an aromatic ring is 1. The van der Waals surface area contributed by atoms with Crippen LogP contribution in [0, 0.1) is 0 Å².